The molecule has 0 saturated carbocycles. The third kappa shape index (κ3) is 2.93. The normalized spacial score (nSPS) is 18.0. The molecule has 2 N–H and O–H groups in total. The first-order valence-electron chi connectivity index (χ1n) is 5.88. The number of rotatable bonds is 4. The van der Waals surface area contributed by atoms with Gasteiger partial charge in [-0.25, -0.2) is 4.98 Å². The molecule has 0 aliphatic carbocycles. The van der Waals surface area contributed by atoms with Crippen LogP contribution in [-0.2, 0) is 6.42 Å². The van der Waals surface area contributed by atoms with E-state index in [1.54, 1.807) is 0 Å². The van der Waals surface area contributed by atoms with Crippen LogP contribution in [0.4, 0.5) is 5.13 Å². The summed E-state index contributed by atoms with van der Waals surface area (Å²) in [5.41, 5.74) is 5.51. The Balaban J connectivity index is 1.91. The van der Waals surface area contributed by atoms with Gasteiger partial charge >= 0.3 is 0 Å². The first kappa shape index (κ1) is 11.8. The van der Waals surface area contributed by atoms with Crippen LogP contribution in [0.5, 0.6) is 0 Å². The predicted molar refractivity (Wildman–Crippen MR) is 69.2 cm³/mol. The summed E-state index contributed by atoms with van der Waals surface area (Å²) < 4.78 is 0. The number of thiazole rings is 1. The van der Waals surface area contributed by atoms with E-state index in [1.807, 2.05) is 17.5 Å². The number of aryl methyl sites for hydroxylation is 1. The summed E-state index contributed by atoms with van der Waals surface area (Å²) in [5, 5.41) is 1.18. The molecule has 0 bridgehead atoms. The van der Waals surface area contributed by atoms with E-state index in [2.05, 4.69) is 21.8 Å². The monoisotopic (exact) mass is 240 g/mol. The zero-order chi connectivity index (χ0) is 11.4. The molecule has 1 aromatic heterocycles. The molecule has 1 saturated heterocycles. The number of nitrogens with two attached hydrogens (primary N) is 1. The minimum Gasteiger partial charge on any atom is -0.346 e. The van der Waals surface area contributed by atoms with Crippen molar-refractivity contribution in [1.29, 1.82) is 0 Å². The fraction of sp³-hybridized carbons (Fsp3) is 0.727. The number of nitrogens with zero attached hydrogens (tertiary/aromatic N) is 3. The molecule has 2 rings (SSSR count). The lowest BCUT2D eigenvalue weighted by atomic mass is 10.3. The van der Waals surface area contributed by atoms with Crippen molar-refractivity contribution in [3.05, 3.63) is 11.1 Å². The second kappa shape index (κ2) is 5.61. The molecule has 2 heterocycles. The van der Waals surface area contributed by atoms with Crippen LogP contribution in [0.15, 0.2) is 6.20 Å². The van der Waals surface area contributed by atoms with Crippen LogP contribution in [0, 0.1) is 0 Å². The Labute approximate surface area is 101 Å². The van der Waals surface area contributed by atoms with Crippen LogP contribution < -0.4 is 10.6 Å². The van der Waals surface area contributed by atoms with E-state index in [0.29, 0.717) is 0 Å². The first-order chi connectivity index (χ1) is 7.79. The number of piperazine rings is 1. The molecule has 1 fully saturated rings. The largest absolute Gasteiger partial charge is 0.346 e. The number of hydrogen-bond donors (Lipinski definition) is 1. The maximum absolute atomic E-state index is 5.51. The Morgan fingerprint density at radius 3 is 2.81 bits per heavy atom. The van der Waals surface area contributed by atoms with Crippen LogP contribution in [0.25, 0.3) is 0 Å². The highest BCUT2D eigenvalue weighted by atomic mass is 32.1. The zero-order valence-electron chi connectivity index (χ0n) is 9.85. The molecule has 0 spiro atoms. The Bertz CT molecular complexity index is 318. The van der Waals surface area contributed by atoms with Gasteiger partial charge in [-0.3, -0.25) is 0 Å². The highest BCUT2D eigenvalue weighted by Gasteiger charge is 2.16. The third-order valence-electron chi connectivity index (χ3n) is 2.94. The van der Waals surface area contributed by atoms with Crippen molar-refractivity contribution >= 4 is 16.5 Å². The van der Waals surface area contributed by atoms with E-state index in [1.165, 1.54) is 10.0 Å². The lowest BCUT2D eigenvalue weighted by Gasteiger charge is -2.32. The van der Waals surface area contributed by atoms with Crippen LogP contribution in [0.2, 0.25) is 0 Å². The molecule has 1 aliphatic heterocycles. The van der Waals surface area contributed by atoms with Gasteiger partial charge in [-0.1, -0.05) is 0 Å². The van der Waals surface area contributed by atoms with Crippen LogP contribution in [0.1, 0.15) is 11.3 Å². The average Bonchev–Trinajstić information content (AvgIpc) is 2.76. The van der Waals surface area contributed by atoms with Gasteiger partial charge in [0.25, 0.3) is 0 Å². The summed E-state index contributed by atoms with van der Waals surface area (Å²) in [6.45, 7) is 5.23. The SMILES string of the molecule is CN1CCN(c2ncc(CCCN)s2)CC1. The first-order valence-corrected chi connectivity index (χ1v) is 6.69. The van der Waals surface area contributed by atoms with Gasteiger partial charge in [-0.05, 0) is 26.4 Å². The van der Waals surface area contributed by atoms with Crippen LogP contribution in [0.3, 0.4) is 0 Å². The highest BCUT2D eigenvalue weighted by Crippen LogP contribution is 2.24. The van der Waals surface area contributed by atoms with E-state index in [9.17, 15) is 0 Å². The van der Waals surface area contributed by atoms with E-state index in [4.69, 9.17) is 5.73 Å². The summed E-state index contributed by atoms with van der Waals surface area (Å²) >= 11 is 1.82. The van der Waals surface area contributed by atoms with E-state index >= 15 is 0 Å². The smallest absolute Gasteiger partial charge is 0.185 e. The molecule has 0 amide bonds. The van der Waals surface area contributed by atoms with Crippen LogP contribution >= 0.6 is 11.3 Å². The summed E-state index contributed by atoms with van der Waals surface area (Å²) in [6.07, 6.45) is 4.14. The molecule has 4 nitrogen and oxygen atoms in total. The van der Waals surface area contributed by atoms with E-state index < -0.39 is 0 Å². The summed E-state index contributed by atoms with van der Waals surface area (Å²) in [5.74, 6) is 0. The second-order valence-electron chi connectivity index (χ2n) is 4.29. The van der Waals surface area contributed by atoms with Crippen molar-refractivity contribution in [3.63, 3.8) is 0 Å². The molecular formula is C11H20N4S. The quantitative estimate of drug-likeness (QED) is 0.845. The number of likely N-dealkylation sites (N-methyl/N-ethyl adjacent to an activating group) is 1. The van der Waals surface area contributed by atoms with Crippen molar-refractivity contribution in [2.75, 3.05) is 44.7 Å². The predicted octanol–water partition coefficient (Wildman–Crippen LogP) is 0.786. The van der Waals surface area contributed by atoms with Crippen molar-refractivity contribution < 1.29 is 0 Å². The van der Waals surface area contributed by atoms with Gasteiger partial charge in [0.1, 0.15) is 0 Å². The minimum absolute atomic E-state index is 0.766. The molecule has 0 unspecified atom stereocenters. The number of aromatic nitrogens is 1. The summed E-state index contributed by atoms with van der Waals surface area (Å²) in [4.78, 5) is 10.6. The van der Waals surface area contributed by atoms with Crippen LogP contribution in [-0.4, -0.2) is 49.7 Å². The molecule has 90 valence electrons. The van der Waals surface area contributed by atoms with E-state index in [0.717, 1.165) is 45.6 Å². The standard InChI is InChI=1S/C11H20N4S/c1-14-5-7-15(8-6-14)11-13-9-10(16-11)3-2-4-12/h9H,2-8,12H2,1H3. The van der Waals surface area contributed by atoms with E-state index in [-0.39, 0.29) is 0 Å². The Morgan fingerprint density at radius 1 is 1.38 bits per heavy atom. The van der Waals surface area contributed by atoms with Gasteiger partial charge in [0, 0.05) is 37.3 Å². The van der Waals surface area contributed by atoms with Crippen molar-refractivity contribution in [1.82, 2.24) is 9.88 Å². The van der Waals surface area contributed by atoms with Gasteiger partial charge in [-0.15, -0.1) is 11.3 Å². The number of anilines is 1. The molecule has 5 heteroatoms. The van der Waals surface area contributed by atoms with Gasteiger partial charge in [0.05, 0.1) is 0 Å². The van der Waals surface area contributed by atoms with Crippen molar-refractivity contribution in [2.45, 2.75) is 12.8 Å². The van der Waals surface area contributed by atoms with Crippen molar-refractivity contribution in [2.24, 2.45) is 5.73 Å². The zero-order valence-corrected chi connectivity index (χ0v) is 10.7. The molecular weight excluding hydrogens is 220 g/mol. The maximum Gasteiger partial charge on any atom is 0.185 e. The van der Waals surface area contributed by atoms with Gasteiger partial charge in [0.2, 0.25) is 0 Å². The fourth-order valence-corrected chi connectivity index (χ4v) is 2.84. The third-order valence-corrected chi connectivity index (χ3v) is 4.06. The Morgan fingerprint density at radius 2 is 2.12 bits per heavy atom. The van der Waals surface area contributed by atoms with Gasteiger partial charge in [-0.2, -0.15) is 0 Å². The second-order valence-corrected chi connectivity index (χ2v) is 5.39. The fourth-order valence-electron chi connectivity index (χ4n) is 1.83. The lowest BCUT2D eigenvalue weighted by molar-refractivity contribution is 0.313. The molecule has 0 atom stereocenters. The molecule has 0 radical (unpaired) electrons. The Hall–Kier alpha value is -0.650. The molecule has 1 aromatic rings. The maximum atomic E-state index is 5.51. The molecule has 16 heavy (non-hydrogen) atoms. The molecule has 1 aliphatic rings. The molecule has 0 aromatic carbocycles. The topological polar surface area (TPSA) is 45.4 Å². The highest BCUT2D eigenvalue weighted by molar-refractivity contribution is 7.15. The minimum atomic E-state index is 0.766. The van der Waals surface area contributed by atoms with Gasteiger partial charge in [0.15, 0.2) is 5.13 Å². The Kier molecular flexibility index (Phi) is 4.15. The summed E-state index contributed by atoms with van der Waals surface area (Å²) in [7, 11) is 2.17. The average molecular weight is 240 g/mol. The van der Waals surface area contributed by atoms with Crippen molar-refractivity contribution in [3.8, 4) is 0 Å². The number of hydrogen-bond acceptors (Lipinski definition) is 5. The summed E-state index contributed by atoms with van der Waals surface area (Å²) in [6, 6.07) is 0. The van der Waals surface area contributed by atoms with Gasteiger partial charge < -0.3 is 15.5 Å². The lowest BCUT2D eigenvalue weighted by Crippen LogP contribution is -2.44.